The van der Waals surface area contributed by atoms with Crippen LogP contribution in [0.5, 0.6) is 0 Å². The summed E-state index contributed by atoms with van der Waals surface area (Å²) in [6, 6.07) is 0.736. The highest BCUT2D eigenvalue weighted by molar-refractivity contribution is 5.98. The summed E-state index contributed by atoms with van der Waals surface area (Å²) in [5, 5.41) is 11.9. The van der Waals surface area contributed by atoms with E-state index in [2.05, 4.69) is 10.3 Å². The summed E-state index contributed by atoms with van der Waals surface area (Å²) in [4.78, 5) is 27.2. The Hall–Kier alpha value is -2.15. The number of carboxylic acid groups (broad SMARTS) is 1. The van der Waals surface area contributed by atoms with E-state index >= 15 is 0 Å². The van der Waals surface area contributed by atoms with E-state index in [4.69, 9.17) is 15.6 Å². The highest BCUT2D eigenvalue weighted by Crippen LogP contribution is 2.25. The summed E-state index contributed by atoms with van der Waals surface area (Å²) in [6.07, 6.45) is 3.78. The Morgan fingerprint density at radius 2 is 2.19 bits per heavy atom. The van der Waals surface area contributed by atoms with E-state index in [0.29, 0.717) is 0 Å². The van der Waals surface area contributed by atoms with Crippen LogP contribution in [-0.2, 0) is 22.4 Å². The van der Waals surface area contributed by atoms with Crippen molar-refractivity contribution in [2.24, 2.45) is 5.73 Å². The van der Waals surface area contributed by atoms with Gasteiger partial charge in [-0.15, -0.1) is 0 Å². The molecular formula is C14H19N3O4. The van der Waals surface area contributed by atoms with Crippen LogP contribution in [0.2, 0.25) is 0 Å². The molecule has 0 spiro atoms. The number of hydrogen-bond acceptors (Lipinski definition) is 5. The van der Waals surface area contributed by atoms with Gasteiger partial charge in [0, 0.05) is 12.8 Å². The lowest BCUT2D eigenvalue weighted by atomic mass is 9.94. The minimum Gasteiger partial charge on any atom is -0.480 e. The number of fused-ring (bicyclic) bond motifs is 1. The Morgan fingerprint density at radius 1 is 1.48 bits per heavy atom. The van der Waals surface area contributed by atoms with Crippen molar-refractivity contribution in [2.75, 3.05) is 19.0 Å². The number of aryl methyl sites for hydroxylation is 2. The first kappa shape index (κ1) is 15.2. The number of primary amides is 1. The van der Waals surface area contributed by atoms with Crippen molar-refractivity contribution in [3.63, 3.8) is 0 Å². The largest absolute Gasteiger partial charge is 0.480 e. The van der Waals surface area contributed by atoms with Crippen LogP contribution in [0.4, 0.5) is 5.82 Å². The molecule has 7 nitrogen and oxygen atoms in total. The number of aliphatic carboxylic acids is 1. The number of hydrogen-bond donors (Lipinski definition) is 3. The van der Waals surface area contributed by atoms with Crippen molar-refractivity contribution in [3.8, 4) is 0 Å². The van der Waals surface area contributed by atoms with Gasteiger partial charge in [0.25, 0.3) is 5.91 Å². The second kappa shape index (κ2) is 6.53. The van der Waals surface area contributed by atoms with Gasteiger partial charge in [0.05, 0.1) is 12.2 Å². The van der Waals surface area contributed by atoms with E-state index in [-0.39, 0.29) is 18.0 Å². The number of anilines is 1. The highest BCUT2D eigenvalue weighted by Gasteiger charge is 2.23. The van der Waals surface area contributed by atoms with Gasteiger partial charge in [-0.2, -0.15) is 0 Å². The Balaban J connectivity index is 2.36. The molecule has 0 aromatic carbocycles. The monoisotopic (exact) mass is 293 g/mol. The zero-order chi connectivity index (χ0) is 15.4. The van der Waals surface area contributed by atoms with Gasteiger partial charge >= 0.3 is 5.97 Å². The fourth-order valence-corrected chi connectivity index (χ4v) is 2.44. The van der Waals surface area contributed by atoms with E-state index in [1.54, 1.807) is 6.07 Å². The SMILES string of the molecule is COCC(Nc1nc2c(cc1C(N)=O)CCCC2)C(=O)O. The third kappa shape index (κ3) is 3.49. The lowest BCUT2D eigenvalue weighted by molar-refractivity contribution is -0.139. The number of nitrogens with zero attached hydrogens (tertiary/aromatic N) is 1. The third-order valence-electron chi connectivity index (χ3n) is 3.51. The molecule has 4 N–H and O–H groups in total. The molecule has 0 bridgehead atoms. The number of methoxy groups -OCH3 is 1. The number of amides is 1. The Kier molecular flexibility index (Phi) is 4.74. The van der Waals surface area contributed by atoms with E-state index in [1.807, 2.05) is 0 Å². The molecule has 1 aliphatic rings. The van der Waals surface area contributed by atoms with Gasteiger partial charge in [0.1, 0.15) is 11.9 Å². The number of nitrogens with two attached hydrogens (primary N) is 1. The molecule has 0 aliphatic heterocycles. The molecule has 0 saturated heterocycles. The molecule has 0 radical (unpaired) electrons. The highest BCUT2D eigenvalue weighted by atomic mass is 16.5. The number of rotatable bonds is 6. The van der Waals surface area contributed by atoms with Crippen LogP contribution in [0, 0.1) is 0 Å². The summed E-state index contributed by atoms with van der Waals surface area (Å²) in [5.41, 5.74) is 7.51. The van der Waals surface area contributed by atoms with Gasteiger partial charge in [-0.1, -0.05) is 0 Å². The first-order valence-electron chi connectivity index (χ1n) is 6.83. The molecular weight excluding hydrogens is 274 g/mol. The predicted octanol–water partition coefficient (Wildman–Crippen LogP) is 0.571. The summed E-state index contributed by atoms with van der Waals surface area (Å²) in [6.45, 7) is -0.0354. The lowest BCUT2D eigenvalue weighted by Crippen LogP contribution is -2.35. The van der Waals surface area contributed by atoms with E-state index in [9.17, 15) is 9.59 Å². The predicted molar refractivity (Wildman–Crippen MR) is 76.3 cm³/mol. The molecule has 1 aliphatic carbocycles. The smallest absolute Gasteiger partial charge is 0.328 e. The van der Waals surface area contributed by atoms with Gasteiger partial charge in [-0.3, -0.25) is 4.79 Å². The van der Waals surface area contributed by atoms with E-state index in [1.165, 1.54) is 7.11 Å². The molecule has 1 aromatic heterocycles. The van der Waals surface area contributed by atoms with Gasteiger partial charge in [0.2, 0.25) is 0 Å². The number of nitrogens with one attached hydrogen (secondary N) is 1. The zero-order valence-corrected chi connectivity index (χ0v) is 11.9. The first-order chi connectivity index (χ1) is 10.0. The maximum atomic E-state index is 11.6. The normalized spacial score (nSPS) is 15.1. The van der Waals surface area contributed by atoms with Crippen LogP contribution in [0.15, 0.2) is 6.07 Å². The maximum absolute atomic E-state index is 11.6. The summed E-state index contributed by atoms with van der Waals surface area (Å²) >= 11 is 0. The molecule has 7 heteroatoms. The Labute approximate surface area is 122 Å². The van der Waals surface area contributed by atoms with Crippen LogP contribution in [-0.4, -0.2) is 41.7 Å². The fourth-order valence-electron chi connectivity index (χ4n) is 2.44. The summed E-state index contributed by atoms with van der Waals surface area (Å²) in [7, 11) is 1.41. The topological polar surface area (TPSA) is 115 Å². The van der Waals surface area contributed by atoms with Crippen molar-refractivity contribution in [3.05, 3.63) is 22.9 Å². The molecule has 2 rings (SSSR count). The third-order valence-corrected chi connectivity index (χ3v) is 3.51. The van der Waals surface area contributed by atoms with Crippen LogP contribution < -0.4 is 11.1 Å². The average molecular weight is 293 g/mol. The summed E-state index contributed by atoms with van der Waals surface area (Å²) in [5.74, 6) is -1.49. The molecule has 0 saturated carbocycles. The molecule has 0 fully saturated rings. The number of pyridine rings is 1. The Morgan fingerprint density at radius 3 is 2.81 bits per heavy atom. The molecule has 1 heterocycles. The number of ether oxygens (including phenoxy) is 1. The van der Waals surface area contributed by atoms with E-state index < -0.39 is 17.9 Å². The first-order valence-corrected chi connectivity index (χ1v) is 6.83. The van der Waals surface area contributed by atoms with Crippen molar-refractivity contribution < 1.29 is 19.4 Å². The van der Waals surface area contributed by atoms with Gasteiger partial charge in [-0.05, 0) is 37.3 Å². The second-order valence-corrected chi connectivity index (χ2v) is 5.05. The Bertz CT molecular complexity index is 559. The van der Waals surface area contributed by atoms with Crippen LogP contribution in [0.3, 0.4) is 0 Å². The zero-order valence-electron chi connectivity index (χ0n) is 11.9. The average Bonchev–Trinajstić information content (AvgIpc) is 2.45. The van der Waals surface area contributed by atoms with Gasteiger partial charge in [-0.25, -0.2) is 9.78 Å². The van der Waals surface area contributed by atoms with Crippen molar-refractivity contribution in [1.82, 2.24) is 4.98 Å². The molecule has 1 unspecified atom stereocenters. The van der Waals surface area contributed by atoms with Gasteiger partial charge < -0.3 is 20.9 Å². The fraction of sp³-hybridized carbons (Fsp3) is 0.500. The minimum absolute atomic E-state index is 0.0354. The van der Waals surface area contributed by atoms with Gasteiger partial charge in [0.15, 0.2) is 0 Å². The second-order valence-electron chi connectivity index (χ2n) is 5.05. The summed E-state index contributed by atoms with van der Waals surface area (Å²) < 4.78 is 4.86. The number of carbonyl (C=O) groups excluding carboxylic acids is 1. The lowest BCUT2D eigenvalue weighted by Gasteiger charge is -2.20. The van der Waals surface area contributed by atoms with Crippen LogP contribution >= 0.6 is 0 Å². The number of carboxylic acids is 1. The molecule has 114 valence electrons. The molecule has 21 heavy (non-hydrogen) atoms. The van der Waals surface area contributed by atoms with Crippen molar-refractivity contribution in [2.45, 2.75) is 31.7 Å². The maximum Gasteiger partial charge on any atom is 0.328 e. The van der Waals surface area contributed by atoms with Crippen molar-refractivity contribution in [1.29, 1.82) is 0 Å². The van der Waals surface area contributed by atoms with E-state index in [0.717, 1.165) is 36.9 Å². The molecule has 1 amide bonds. The minimum atomic E-state index is -1.08. The standard InChI is InChI=1S/C14H19N3O4/c1-21-7-11(14(19)20)17-13-9(12(15)18)6-8-4-2-3-5-10(8)16-13/h6,11H,2-5,7H2,1H3,(H2,15,18)(H,16,17)(H,19,20). The quantitative estimate of drug-likeness (QED) is 0.706. The number of carbonyl (C=O) groups is 2. The molecule has 1 aromatic rings. The molecule has 1 atom stereocenters. The van der Waals surface area contributed by atoms with Crippen molar-refractivity contribution >= 4 is 17.7 Å². The number of aromatic nitrogens is 1. The van der Waals surface area contributed by atoms with Crippen LogP contribution in [0.25, 0.3) is 0 Å². The van der Waals surface area contributed by atoms with Crippen LogP contribution in [0.1, 0.15) is 34.5 Å².